The molecule has 1 saturated heterocycles. The molecule has 0 saturated carbocycles. The molecule has 0 atom stereocenters. The second kappa shape index (κ2) is 8.17. The quantitative estimate of drug-likeness (QED) is 0.841. The van der Waals surface area contributed by atoms with E-state index in [4.69, 9.17) is 9.84 Å². The number of rotatable bonds is 6. The predicted molar refractivity (Wildman–Crippen MR) is 76.6 cm³/mol. The highest BCUT2D eigenvalue weighted by Gasteiger charge is 2.19. The van der Waals surface area contributed by atoms with Gasteiger partial charge in [0.25, 0.3) is 5.91 Å². The highest BCUT2D eigenvalue weighted by atomic mass is 19.1. The van der Waals surface area contributed by atoms with E-state index in [1.165, 1.54) is 4.90 Å². The van der Waals surface area contributed by atoms with Crippen LogP contribution in [0.2, 0.25) is 0 Å². The van der Waals surface area contributed by atoms with Crippen LogP contribution in [0.4, 0.5) is 8.78 Å². The highest BCUT2D eigenvalue weighted by molar-refractivity contribution is 5.94. The summed E-state index contributed by atoms with van der Waals surface area (Å²) in [4.78, 5) is 15.9. The Balaban J connectivity index is 2.00. The normalized spacial score (nSPS) is 15.8. The minimum absolute atomic E-state index is 0.0482. The molecule has 2 rings (SSSR count). The Labute approximate surface area is 128 Å². The van der Waals surface area contributed by atoms with E-state index in [2.05, 4.69) is 4.90 Å². The number of aliphatic hydroxyl groups excluding tert-OH is 1. The summed E-state index contributed by atoms with van der Waals surface area (Å²) in [5.74, 6) is -2.07. The van der Waals surface area contributed by atoms with Gasteiger partial charge in [-0.25, -0.2) is 8.78 Å². The lowest BCUT2D eigenvalue weighted by Crippen LogP contribution is -2.44. The molecule has 0 aromatic heterocycles. The molecule has 0 spiro atoms. The zero-order chi connectivity index (χ0) is 15.9. The smallest absolute Gasteiger partial charge is 0.254 e. The molecule has 1 aromatic carbocycles. The van der Waals surface area contributed by atoms with E-state index in [1.807, 2.05) is 0 Å². The summed E-state index contributed by atoms with van der Waals surface area (Å²) in [5, 5.41) is 9.10. The van der Waals surface area contributed by atoms with E-state index in [1.54, 1.807) is 0 Å². The Morgan fingerprint density at radius 2 is 1.82 bits per heavy atom. The van der Waals surface area contributed by atoms with E-state index in [0.29, 0.717) is 26.3 Å². The molecular weight excluding hydrogens is 294 g/mol. The fraction of sp³-hybridized carbons (Fsp3) is 0.533. The van der Waals surface area contributed by atoms with Gasteiger partial charge in [-0.15, -0.1) is 0 Å². The SMILES string of the molecule is O=C(c1cc(F)cc(F)c1)N(CCO)CCN1CCOCC1. The third-order valence-corrected chi connectivity index (χ3v) is 3.56. The Hall–Kier alpha value is -1.57. The van der Waals surface area contributed by atoms with Crippen LogP contribution in [0, 0.1) is 11.6 Å². The van der Waals surface area contributed by atoms with Gasteiger partial charge in [0.2, 0.25) is 0 Å². The van der Waals surface area contributed by atoms with Crippen molar-refractivity contribution in [3.8, 4) is 0 Å². The van der Waals surface area contributed by atoms with E-state index in [9.17, 15) is 13.6 Å². The zero-order valence-corrected chi connectivity index (χ0v) is 12.3. The van der Waals surface area contributed by atoms with Crippen LogP contribution in [0.3, 0.4) is 0 Å². The van der Waals surface area contributed by atoms with Gasteiger partial charge in [0.15, 0.2) is 0 Å². The Kier molecular flexibility index (Phi) is 6.23. The number of aliphatic hydroxyl groups is 1. The number of morpholine rings is 1. The van der Waals surface area contributed by atoms with Gasteiger partial charge < -0.3 is 14.7 Å². The molecule has 0 aliphatic carbocycles. The molecule has 1 amide bonds. The molecule has 22 heavy (non-hydrogen) atoms. The van der Waals surface area contributed by atoms with Gasteiger partial charge in [-0.2, -0.15) is 0 Å². The van der Waals surface area contributed by atoms with E-state index in [0.717, 1.165) is 31.3 Å². The second-order valence-corrected chi connectivity index (χ2v) is 5.13. The molecule has 1 aliphatic heterocycles. The van der Waals surface area contributed by atoms with Crippen LogP contribution < -0.4 is 0 Å². The van der Waals surface area contributed by atoms with Gasteiger partial charge in [0.1, 0.15) is 11.6 Å². The first-order chi connectivity index (χ1) is 10.6. The number of ether oxygens (including phenoxy) is 1. The van der Waals surface area contributed by atoms with Gasteiger partial charge in [0, 0.05) is 44.4 Å². The number of hydrogen-bond acceptors (Lipinski definition) is 4. The van der Waals surface area contributed by atoms with Crippen molar-refractivity contribution in [3.63, 3.8) is 0 Å². The zero-order valence-electron chi connectivity index (χ0n) is 12.3. The summed E-state index contributed by atoms with van der Waals surface area (Å²) < 4.78 is 31.7. The third kappa shape index (κ3) is 4.72. The number of nitrogens with zero attached hydrogens (tertiary/aromatic N) is 2. The van der Waals surface area contributed by atoms with Crippen LogP contribution in [0.1, 0.15) is 10.4 Å². The molecule has 122 valence electrons. The number of amides is 1. The third-order valence-electron chi connectivity index (χ3n) is 3.56. The number of hydrogen-bond donors (Lipinski definition) is 1. The van der Waals surface area contributed by atoms with Crippen molar-refractivity contribution < 1.29 is 23.4 Å². The summed E-state index contributed by atoms with van der Waals surface area (Å²) in [6, 6.07) is 2.73. The molecule has 7 heteroatoms. The molecule has 0 bridgehead atoms. The summed E-state index contributed by atoms with van der Waals surface area (Å²) in [7, 11) is 0. The van der Waals surface area contributed by atoms with Crippen molar-refractivity contribution in [1.82, 2.24) is 9.80 Å². The Morgan fingerprint density at radius 1 is 1.18 bits per heavy atom. The number of carbonyl (C=O) groups is 1. The molecule has 0 radical (unpaired) electrons. The summed E-state index contributed by atoms with van der Waals surface area (Å²) in [6.45, 7) is 3.83. The Bertz CT molecular complexity index is 487. The van der Waals surface area contributed by atoms with Crippen molar-refractivity contribution in [1.29, 1.82) is 0 Å². The lowest BCUT2D eigenvalue weighted by Gasteiger charge is -2.30. The molecule has 1 N–H and O–H groups in total. The molecular formula is C15H20F2N2O3. The monoisotopic (exact) mass is 314 g/mol. The van der Waals surface area contributed by atoms with Gasteiger partial charge >= 0.3 is 0 Å². The van der Waals surface area contributed by atoms with Crippen LogP contribution in [0.25, 0.3) is 0 Å². The van der Waals surface area contributed by atoms with Crippen molar-refractivity contribution in [2.75, 3.05) is 52.5 Å². The predicted octanol–water partition coefficient (Wildman–Crippen LogP) is 0.732. The minimum atomic E-state index is -0.791. The van der Waals surface area contributed by atoms with Crippen LogP contribution >= 0.6 is 0 Å². The van der Waals surface area contributed by atoms with Gasteiger partial charge in [0.05, 0.1) is 19.8 Å². The average molecular weight is 314 g/mol. The maximum atomic E-state index is 13.2. The molecule has 5 nitrogen and oxygen atoms in total. The summed E-state index contributed by atoms with van der Waals surface area (Å²) >= 11 is 0. The van der Waals surface area contributed by atoms with E-state index in [-0.39, 0.29) is 18.7 Å². The second-order valence-electron chi connectivity index (χ2n) is 5.13. The lowest BCUT2D eigenvalue weighted by molar-refractivity contribution is 0.0315. The molecule has 1 heterocycles. The number of halogens is 2. The average Bonchev–Trinajstić information content (AvgIpc) is 2.51. The molecule has 1 fully saturated rings. The van der Waals surface area contributed by atoms with Crippen molar-refractivity contribution >= 4 is 5.91 Å². The molecule has 0 unspecified atom stereocenters. The minimum Gasteiger partial charge on any atom is -0.395 e. The lowest BCUT2D eigenvalue weighted by atomic mass is 10.2. The largest absolute Gasteiger partial charge is 0.395 e. The first-order valence-electron chi connectivity index (χ1n) is 7.26. The maximum Gasteiger partial charge on any atom is 0.254 e. The highest BCUT2D eigenvalue weighted by Crippen LogP contribution is 2.11. The maximum absolute atomic E-state index is 13.2. The first-order valence-corrected chi connectivity index (χ1v) is 7.26. The summed E-state index contributed by atoms with van der Waals surface area (Å²) in [5.41, 5.74) is -0.0482. The molecule has 1 aromatic rings. The van der Waals surface area contributed by atoms with Crippen LogP contribution in [0.15, 0.2) is 18.2 Å². The fourth-order valence-electron chi connectivity index (χ4n) is 2.38. The van der Waals surface area contributed by atoms with Crippen LogP contribution in [-0.4, -0.2) is 73.4 Å². The van der Waals surface area contributed by atoms with Crippen molar-refractivity contribution in [3.05, 3.63) is 35.4 Å². The van der Waals surface area contributed by atoms with Crippen molar-refractivity contribution in [2.45, 2.75) is 0 Å². The molecule has 1 aliphatic rings. The topological polar surface area (TPSA) is 53.0 Å². The first kappa shape index (κ1) is 16.8. The number of carbonyl (C=O) groups excluding carboxylic acids is 1. The van der Waals surface area contributed by atoms with E-state index < -0.39 is 17.5 Å². The van der Waals surface area contributed by atoms with Crippen LogP contribution in [-0.2, 0) is 4.74 Å². The summed E-state index contributed by atoms with van der Waals surface area (Å²) in [6.07, 6.45) is 0. The van der Waals surface area contributed by atoms with E-state index >= 15 is 0 Å². The van der Waals surface area contributed by atoms with Gasteiger partial charge in [-0.3, -0.25) is 9.69 Å². The fourth-order valence-corrected chi connectivity index (χ4v) is 2.38. The Morgan fingerprint density at radius 3 is 2.41 bits per heavy atom. The van der Waals surface area contributed by atoms with Crippen LogP contribution in [0.5, 0.6) is 0 Å². The van der Waals surface area contributed by atoms with Crippen molar-refractivity contribution in [2.24, 2.45) is 0 Å². The van der Waals surface area contributed by atoms with Gasteiger partial charge in [-0.05, 0) is 12.1 Å². The van der Waals surface area contributed by atoms with Gasteiger partial charge in [-0.1, -0.05) is 0 Å². The number of benzene rings is 1. The standard InChI is InChI=1S/C15H20F2N2O3/c16-13-9-12(10-14(17)11-13)15(21)19(3-6-20)2-1-18-4-7-22-8-5-18/h9-11,20H,1-8H2.